The zero-order valence-corrected chi connectivity index (χ0v) is 19.8. The predicted molar refractivity (Wildman–Crippen MR) is 128 cm³/mol. The van der Waals surface area contributed by atoms with E-state index >= 15 is 0 Å². The number of nitrogens with two attached hydrogens (primary N) is 1. The molecule has 0 aliphatic carbocycles. The van der Waals surface area contributed by atoms with Crippen LogP contribution in [0.4, 0.5) is 11.4 Å². The number of anilines is 2. The lowest BCUT2D eigenvalue weighted by Gasteiger charge is -2.28. The van der Waals surface area contributed by atoms with E-state index in [2.05, 4.69) is 15.5 Å². The number of carbonyl (C=O) groups excluding carboxylic acids is 1. The lowest BCUT2D eigenvalue weighted by atomic mass is 10.1. The number of aliphatic carboxylic acids is 2. The summed E-state index contributed by atoms with van der Waals surface area (Å²) in [6.45, 7) is 5.22. The summed E-state index contributed by atoms with van der Waals surface area (Å²) in [6, 6.07) is 13.9. The molecule has 0 spiro atoms. The highest BCUT2D eigenvalue weighted by Gasteiger charge is 2.13. The van der Waals surface area contributed by atoms with Gasteiger partial charge >= 0.3 is 11.9 Å². The van der Waals surface area contributed by atoms with Gasteiger partial charge in [-0.15, -0.1) is 0 Å². The van der Waals surface area contributed by atoms with Crippen molar-refractivity contribution in [3.63, 3.8) is 0 Å². The van der Waals surface area contributed by atoms with Crippen molar-refractivity contribution in [3.05, 3.63) is 54.1 Å². The maximum Gasteiger partial charge on any atom is 0.414 e. The van der Waals surface area contributed by atoms with E-state index in [1.807, 2.05) is 31.2 Å². The van der Waals surface area contributed by atoms with Gasteiger partial charge in [0, 0.05) is 30.5 Å². The van der Waals surface area contributed by atoms with E-state index in [-0.39, 0.29) is 23.4 Å². The van der Waals surface area contributed by atoms with E-state index in [0.717, 1.165) is 43.2 Å². The average Bonchev–Trinajstić information content (AvgIpc) is 2.83. The molecule has 35 heavy (non-hydrogen) atoms. The molecule has 1 amide bonds. The Morgan fingerprint density at radius 3 is 2.03 bits per heavy atom. The number of nitrogens with one attached hydrogen (secondary N) is 2. The number of carbonyl (C=O) groups is 3. The number of nitrogens with zero attached hydrogens (tertiary/aromatic N) is 1. The van der Waals surface area contributed by atoms with Crippen molar-refractivity contribution in [2.24, 2.45) is 5.14 Å². The van der Waals surface area contributed by atoms with Gasteiger partial charge in [0.05, 0.1) is 24.7 Å². The van der Waals surface area contributed by atoms with Crippen LogP contribution in [0.1, 0.15) is 18.5 Å². The molecular weight excluding hydrogens is 480 g/mol. The third kappa shape index (κ3) is 9.33. The lowest BCUT2D eigenvalue weighted by molar-refractivity contribution is -0.159. The number of rotatable bonds is 7. The van der Waals surface area contributed by atoms with E-state index in [9.17, 15) is 13.2 Å². The monoisotopic (exact) mass is 508 g/mol. The van der Waals surface area contributed by atoms with Gasteiger partial charge < -0.3 is 30.5 Å². The third-order valence-corrected chi connectivity index (χ3v) is 5.92. The first kappa shape index (κ1) is 27.7. The van der Waals surface area contributed by atoms with Crippen molar-refractivity contribution in [1.82, 2.24) is 5.32 Å². The van der Waals surface area contributed by atoms with E-state index in [0.29, 0.717) is 0 Å². The Morgan fingerprint density at radius 2 is 1.54 bits per heavy atom. The van der Waals surface area contributed by atoms with Crippen molar-refractivity contribution in [1.29, 1.82) is 0 Å². The maximum atomic E-state index is 12.2. The molecule has 0 aromatic heterocycles. The number of benzene rings is 2. The summed E-state index contributed by atoms with van der Waals surface area (Å²) in [5.74, 6) is -3.80. The van der Waals surface area contributed by atoms with E-state index < -0.39 is 22.0 Å². The van der Waals surface area contributed by atoms with Crippen molar-refractivity contribution < 1.29 is 37.8 Å². The molecule has 1 aliphatic heterocycles. The Hall–Kier alpha value is -3.52. The zero-order valence-electron chi connectivity index (χ0n) is 19.0. The van der Waals surface area contributed by atoms with Crippen LogP contribution in [-0.2, 0) is 29.1 Å². The summed E-state index contributed by atoms with van der Waals surface area (Å²) in [5.41, 5.74) is 2.71. The number of carboxylic acids is 2. The van der Waals surface area contributed by atoms with Crippen molar-refractivity contribution >= 4 is 39.2 Å². The largest absolute Gasteiger partial charge is 0.473 e. The molecule has 1 aliphatic rings. The number of morpholine rings is 1. The van der Waals surface area contributed by atoms with Gasteiger partial charge in [-0.25, -0.2) is 23.1 Å². The zero-order chi connectivity index (χ0) is 26.0. The van der Waals surface area contributed by atoms with E-state index in [1.165, 1.54) is 12.1 Å². The SMILES string of the molecule is CC(NCC(=O)Nc1ccc(N2CCOCC2)cc1)c1ccc(S(N)(=O)=O)cc1.O=C(O)C(=O)O. The summed E-state index contributed by atoms with van der Waals surface area (Å²) in [5, 5.41) is 25.9. The fourth-order valence-corrected chi connectivity index (χ4v) is 3.61. The minimum Gasteiger partial charge on any atom is -0.473 e. The average molecular weight is 509 g/mol. The standard InChI is InChI=1S/C20H26N4O4S.C2H2O4/c1-15(16-2-8-19(9-3-16)29(21,26)27)22-14-20(25)23-17-4-6-18(7-5-17)24-10-12-28-13-11-24;3-1(4)2(5)6/h2-9,15,22H,10-14H2,1H3,(H,23,25)(H2,21,26,27);(H,3,4)(H,5,6). The summed E-state index contributed by atoms with van der Waals surface area (Å²) < 4.78 is 28.0. The maximum absolute atomic E-state index is 12.2. The highest BCUT2D eigenvalue weighted by Crippen LogP contribution is 2.19. The molecule has 13 heteroatoms. The van der Waals surface area contributed by atoms with Gasteiger partial charge in [0.15, 0.2) is 0 Å². The molecule has 0 radical (unpaired) electrons. The first-order valence-corrected chi connectivity index (χ1v) is 12.1. The molecule has 1 atom stereocenters. The van der Waals surface area contributed by atoms with Crippen molar-refractivity contribution in [2.75, 3.05) is 43.1 Å². The second kappa shape index (κ2) is 12.8. The predicted octanol–water partition coefficient (Wildman–Crippen LogP) is 0.616. The van der Waals surface area contributed by atoms with Crippen LogP contribution in [0.15, 0.2) is 53.4 Å². The lowest BCUT2D eigenvalue weighted by Crippen LogP contribution is -2.36. The van der Waals surface area contributed by atoms with Crippen LogP contribution >= 0.6 is 0 Å². The molecule has 1 unspecified atom stereocenters. The van der Waals surface area contributed by atoms with Gasteiger partial charge in [-0.3, -0.25) is 4.79 Å². The fraction of sp³-hybridized carbons (Fsp3) is 0.318. The Kier molecular flexibility index (Phi) is 10.1. The van der Waals surface area contributed by atoms with Crippen molar-refractivity contribution in [2.45, 2.75) is 17.9 Å². The number of amides is 1. The minimum atomic E-state index is -3.71. The Bertz CT molecular complexity index is 1100. The molecule has 3 rings (SSSR count). The van der Waals surface area contributed by atoms with Crippen LogP contribution in [-0.4, -0.2) is 69.3 Å². The number of primary sulfonamides is 1. The first-order valence-electron chi connectivity index (χ1n) is 10.5. The van der Waals surface area contributed by atoms with Gasteiger partial charge in [0.25, 0.3) is 0 Å². The number of sulfonamides is 1. The van der Waals surface area contributed by atoms with Crippen LogP contribution in [0, 0.1) is 0 Å². The Balaban J connectivity index is 0.000000641. The molecule has 12 nitrogen and oxygen atoms in total. The Morgan fingerprint density at radius 1 is 1.00 bits per heavy atom. The number of hydrogen-bond donors (Lipinski definition) is 5. The quantitative estimate of drug-likeness (QED) is 0.332. The van der Waals surface area contributed by atoms with Gasteiger partial charge in [0.2, 0.25) is 15.9 Å². The molecule has 1 heterocycles. The summed E-state index contributed by atoms with van der Waals surface area (Å²) in [4.78, 5) is 32.7. The molecular formula is C22H28N4O8S. The first-order chi connectivity index (χ1) is 16.5. The highest BCUT2D eigenvalue weighted by molar-refractivity contribution is 7.89. The van der Waals surface area contributed by atoms with Crippen LogP contribution in [0.5, 0.6) is 0 Å². The number of carboxylic acid groups (broad SMARTS) is 2. The second-order valence-corrected chi connectivity index (χ2v) is 9.08. The highest BCUT2D eigenvalue weighted by atomic mass is 32.2. The fourth-order valence-electron chi connectivity index (χ4n) is 3.09. The normalized spacial score (nSPS) is 14.3. The Labute approximate surface area is 202 Å². The van der Waals surface area contributed by atoms with Crippen LogP contribution in [0.25, 0.3) is 0 Å². The molecule has 2 aromatic rings. The third-order valence-electron chi connectivity index (χ3n) is 4.99. The van der Waals surface area contributed by atoms with E-state index in [1.54, 1.807) is 12.1 Å². The topological polar surface area (TPSA) is 188 Å². The van der Waals surface area contributed by atoms with Crippen LogP contribution < -0.4 is 20.7 Å². The molecule has 2 aromatic carbocycles. The van der Waals surface area contributed by atoms with Gasteiger partial charge in [-0.2, -0.15) is 0 Å². The molecule has 190 valence electrons. The molecule has 6 N–H and O–H groups in total. The van der Waals surface area contributed by atoms with E-state index in [4.69, 9.17) is 29.7 Å². The van der Waals surface area contributed by atoms with Gasteiger partial charge in [-0.05, 0) is 48.9 Å². The minimum absolute atomic E-state index is 0.0618. The van der Waals surface area contributed by atoms with Crippen LogP contribution in [0.2, 0.25) is 0 Å². The molecule has 0 saturated carbocycles. The molecule has 1 fully saturated rings. The summed E-state index contributed by atoms with van der Waals surface area (Å²) in [7, 11) is -3.71. The van der Waals surface area contributed by atoms with Crippen LogP contribution in [0.3, 0.4) is 0 Å². The smallest absolute Gasteiger partial charge is 0.414 e. The number of ether oxygens (including phenoxy) is 1. The molecule has 1 saturated heterocycles. The summed E-state index contributed by atoms with van der Waals surface area (Å²) in [6.07, 6.45) is 0. The van der Waals surface area contributed by atoms with Crippen molar-refractivity contribution in [3.8, 4) is 0 Å². The number of hydrogen-bond acceptors (Lipinski definition) is 8. The van der Waals surface area contributed by atoms with Gasteiger partial charge in [-0.1, -0.05) is 12.1 Å². The molecule has 0 bridgehead atoms. The van der Waals surface area contributed by atoms with Gasteiger partial charge in [0.1, 0.15) is 0 Å². The summed E-state index contributed by atoms with van der Waals surface area (Å²) >= 11 is 0. The second-order valence-electron chi connectivity index (χ2n) is 7.52.